The number of benzene rings is 3. The van der Waals surface area contributed by atoms with E-state index >= 15 is 0 Å². The second kappa shape index (κ2) is 6.23. The van der Waals surface area contributed by atoms with Gasteiger partial charge < -0.3 is 0 Å². The van der Waals surface area contributed by atoms with Crippen molar-refractivity contribution in [1.29, 1.82) is 0 Å². The summed E-state index contributed by atoms with van der Waals surface area (Å²) < 4.78 is 0. The minimum Gasteiger partial charge on any atom is -0.0967 e. The lowest BCUT2D eigenvalue weighted by Crippen LogP contribution is -2.07. The van der Waals surface area contributed by atoms with Crippen LogP contribution >= 0.6 is 0 Å². The van der Waals surface area contributed by atoms with E-state index in [2.05, 4.69) is 74.5 Å². The average molecular weight is 282 g/mol. The van der Waals surface area contributed by atoms with Gasteiger partial charge in [-0.3, -0.25) is 0 Å². The van der Waals surface area contributed by atoms with E-state index < -0.39 is 0 Å². The lowest BCUT2D eigenvalue weighted by atomic mass is 9.83. The summed E-state index contributed by atoms with van der Waals surface area (Å²) in [5.74, 6) is 0.238. The quantitative estimate of drug-likeness (QED) is 0.497. The van der Waals surface area contributed by atoms with Crippen molar-refractivity contribution in [2.75, 3.05) is 0 Å². The van der Waals surface area contributed by atoms with Crippen molar-refractivity contribution >= 4 is 13.3 Å². The summed E-state index contributed by atoms with van der Waals surface area (Å²) in [6.45, 7) is 4.24. The first kappa shape index (κ1) is 14.7. The van der Waals surface area contributed by atoms with Gasteiger partial charge in [-0.1, -0.05) is 89.4 Å². The molecule has 0 aliphatic carbocycles. The molecule has 22 heavy (non-hydrogen) atoms. The molecule has 0 spiro atoms. The van der Waals surface area contributed by atoms with Gasteiger partial charge in [0.2, 0.25) is 0 Å². The summed E-state index contributed by atoms with van der Waals surface area (Å²) in [7, 11) is 5.84. The van der Waals surface area contributed by atoms with Crippen LogP contribution in [0.4, 0.5) is 0 Å². The van der Waals surface area contributed by atoms with Gasteiger partial charge in [-0.25, -0.2) is 0 Å². The molecule has 0 unspecified atom stereocenters. The molecule has 0 aromatic heterocycles. The molecule has 0 aliphatic heterocycles. The van der Waals surface area contributed by atoms with E-state index in [1.807, 2.05) is 12.1 Å². The fourth-order valence-electron chi connectivity index (χ4n) is 2.78. The Balaban J connectivity index is 2.10. The van der Waals surface area contributed by atoms with Crippen molar-refractivity contribution in [3.8, 4) is 0 Å². The monoisotopic (exact) mass is 282 g/mol. The molecule has 0 saturated carbocycles. The molecule has 0 saturated heterocycles. The first-order valence-electron chi connectivity index (χ1n) is 7.62. The number of hydrogen-bond donors (Lipinski definition) is 0. The summed E-state index contributed by atoms with van der Waals surface area (Å²) in [5.41, 5.74) is 7.24. The summed E-state index contributed by atoms with van der Waals surface area (Å²) in [5, 5.41) is 0. The van der Waals surface area contributed by atoms with Gasteiger partial charge in [-0.05, 0) is 30.5 Å². The normalized spacial score (nSPS) is 10.9. The standard InChI is InChI=1S/C21H19B/c1-15-3-7-17(8-4-15)21(18-9-5-16(2)6-10-18)19-11-13-20(22)14-12-19/h3-14,21H,1-2H3. The minimum absolute atomic E-state index is 0.238. The van der Waals surface area contributed by atoms with Gasteiger partial charge in [-0.15, -0.1) is 0 Å². The molecular formula is C21H19B. The van der Waals surface area contributed by atoms with Crippen molar-refractivity contribution in [3.05, 3.63) is 101 Å². The molecule has 0 N–H and O–H groups in total. The maximum atomic E-state index is 5.84. The second-order valence-electron chi connectivity index (χ2n) is 5.92. The van der Waals surface area contributed by atoms with Crippen molar-refractivity contribution < 1.29 is 0 Å². The molecule has 0 fully saturated rings. The Morgan fingerprint density at radius 3 is 1.23 bits per heavy atom. The van der Waals surface area contributed by atoms with Crippen molar-refractivity contribution in [2.24, 2.45) is 0 Å². The largest absolute Gasteiger partial charge is 0.113 e. The molecule has 0 atom stereocenters. The smallest absolute Gasteiger partial charge is 0.0967 e. The highest BCUT2D eigenvalue weighted by Crippen LogP contribution is 2.31. The maximum Gasteiger partial charge on any atom is 0.113 e. The topological polar surface area (TPSA) is 0 Å². The second-order valence-corrected chi connectivity index (χ2v) is 5.92. The number of rotatable bonds is 3. The van der Waals surface area contributed by atoms with Gasteiger partial charge >= 0.3 is 0 Å². The van der Waals surface area contributed by atoms with Crippen LogP contribution < -0.4 is 5.46 Å². The van der Waals surface area contributed by atoms with E-state index in [0.717, 1.165) is 5.46 Å². The molecule has 3 rings (SSSR count). The van der Waals surface area contributed by atoms with Crippen LogP contribution in [0.15, 0.2) is 72.8 Å². The molecular weight excluding hydrogens is 263 g/mol. The first-order chi connectivity index (χ1) is 10.6. The van der Waals surface area contributed by atoms with Crippen LogP contribution in [0.1, 0.15) is 33.7 Å². The average Bonchev–Trinajstić information content (AvgIpc) is 2.53. The van der Waals surface area contributed by atoms with Crippen LogP contribution in [0, 0.1) is 13.8 Å². The molecule has 106 valence electrons. The summed E-state index contributed by atoms with van der Waals surface area (Å²) in [6, 6.07) is 25.8. The molecule has 3 aromatic carbocycles. The third kappa shape index (κ3) is 3.14. The zero-order valence-electron chi connectivity index (χ0n) is 13.1. The number of hydrogen-bond acceptors (Lipinski definition) is 0. The van der Waals surface area contributed by atoms with Gasteiger partial charge in [-0.2, -0.15) is 0 Å². The van der Waals surface area contributed by atoms with Crippen molar-refractivity contribution in [2.45, 2.75) is 19.8 Å². The van der Waals surface area contributed by atoms with Crippen molar-refractivity contribution in [1.82, 2.24) is 0 Å². The number of aryl methyl sites for hydroxylation is 2. The third-order valence-electron chi connectivity index (χ3n) is 4.09. The first-order valence-corrected chi connectivity index (χ1v) is 7.62. The predicted molar refractivity (Wildman–Crippen MR) is 95.1 cm³/mol. The summed E-state index contributed by atoms with van der Waals surface area (Å²) in [6.07, 6.45) is 0. The highest BCUT2D eigenvalue weighted by molar-refractivity contribution is 6.32. The Morgan fingerprint density at radius 1 is 0.545 bits per heavy atom. The highest BCUT2D eigenvalue weighted by Gasteiger charge is 2.16. The van der Waals surface area contributed by atoms with E-state index in [-0.39, 0.29) is 5.92 Å². The van der Waals surface area contributed by atoms with Gasteiger partial charge in [0.25, 0.3) is 0 Å². The Hall–Kier alpha value is -2.28. The maximum absolute atomic E-state index is 5.84. The van der Waals surface area contributed by atoms with Gasteiger partial charge in [0.05, 0.1) is 0 Å². The molecule has 0 heterocycles. The summed E-state index contributed by atoms with van der Waals surface area (Å²) in [4.78, 5) is 0. The molecule has 0 bridgehead atoms. The Labute approximate surface area is 134 Å². The molecule has 0 amide bonds. The third-order valence-corrected chi connectivity index (χ3v) is 4.09. The predicted octanol–water partition coefficient (Wildman–Crippen LogP) is 4.28. The SMILES string of the molecule is [B]c1ccc(C(c2ccc(C)cc2)c2ccc(C)cc2)cc1. The van der Waals surface area contributed by atoms with E-state index in [1.54, 1.807) is 0 Å². The van der Waals surface area contributed by atoms with Crippen LogP contribution in [-0.2, 0) is 0 Å². The van der Waals surface area contributed by atoms with E-state index in [4.69, 9.17) is 7.85 Å². The Bertz CT molecular complexity index is 629. The zero-order chi connectivity index (χ0) is 15.5. The van der Waals surface area contributed by atoms with Crippen LogP contribution in [0.3, 0.4) is 0 Å². The van der Waals surface area contributed by atoms with E-state index in [0.29, 0.717) is 0 Å². The molecule has 2 radical (unpaired) electrons. The fraction of sp³-hybridized carbons (Fsp3) is 0.143. The van der Waals surface area contributed by atoms with Crippen LogP contribution in [0.5, 0.6) is 0 Å². The Morgan fingerprint density at radius 2 is 0.864 bits per heavy atom. The van der Waals surface area contributed by atoms with Gasteiger partial charge in [0.1, 0.15) is 7.85 Å². The Kier molecular flexibility index (Phi) is 4.15. The molecule has 0 nitrogen and oxygen atoms in total. The van der Waals surface area contributed by atoms with E-state index in [1.165, 1.54) is 27.8 Å². The van der Waals surface area contributed by atoms with Crippen LogP contribution in [-0.4, -0.2) is 7.85 Å². The lowest BCUT2D eigenvalue weighted by Gasteiger charge is -2.19. The van der Waals surface area contributed by atoms with Crippen LogP contribution in [0.2, 0.25) is 0 Å². The van der Waals surface area contributed by atoms with E-state index in [9.17, 15) is 0 Å². The lowest BCUT2D eigenvalue weighted by molar-refractivity contribution is 0.975. The summed E-state index contributed by atoms with van der Waals surface area (Å²) >= 11 is 0. The molecule has 1 heteroatoms. The molecule has 3 aromatic rings. The van der Waals surface area contributed by atoms with Crippen molar-refractivity contribution in [3.63, 3.8) is 0 Å². The molecule has 0 aliphatic rings. The van der Waals surface area contributed by atoms with Gasteiger partial charge in [0.15, 0.2) is 0 Å². The van der Waals surface area contributed by atoms with Gasteiger partial charge in [0, 0.05) is 5.92 Å². The van der Waals surface area contributed by atoms with Crippen LogP contribution in [0.25, 0.3) is 0 Å². The zero-order valence-corrected chi connectivity index (χ0v) is 13.1. The highest BCUT2D eigenvalue weighted by atomic mass is 14.2. The fourth-order valence-corrected chi connectivity index (χ4v) is 2.78. The minimum atomic E-state index is 0.238.